The Labute approximate surface area is 347 Å². The van der Waals surface area contributed by atoms with E-state index in [1.807, 2.05) is 0 Å². The fourth-order valence-corrected chi connectivity index (χ4v) is 9.31. The van der Waals surface area contributed by atoms with E-state index in [-0.39, 0.29) is 0 Å². The summed E-state index contributed by atoms with van der Waals surface area (Å²) in [7, 11) is 0. The number of hydrogen-bond acceptors (Lipinski definition) is 2. The average molecular weight is 764 g/mol. The lowest BCUT2D eigenvalue weighted by molar-refractivity contribution is 0.673. The predicted molar refractivity (Wildman–Crippen MR) is 255 cm³/mol. The molecule has 12 aromatic rings. The van der Waals surface area contributed by atoms with Gasteiger partial charge in [-0.05, 0) is 132 Å². The van der Waals surface area contributed by atoms with E-state index in [1.54, 1.807) is 0 Å². The first kappa shape index (κ1) is 34.1. The van der Waals surface area contributed by atoms with Crippen molar-refractivity contribution in [3.8, 4) is 33.4 Å². The monoisotopic (exact) mass is 763 g/mol. The zero-order valence-corrected chi connectivity index (χ0v) is 32.7. The van der Waals surface area contributed by atoms with Gasteiger partial charge in [-0.15, -0.1) is 0 Å². The number of anilines is 3. The van der Waals surface area contributed by atoms with E-state index in [0.29, 0.717) is 0 Å². The molecule has 0 spiro atoms. The van der Waals surface area contributed by atoms with Crippen molar-refractivity contribution < 1.29 is 4.42 Å². The first-order valence-electron chi connectivity index (χ1n) is 20.6. The van der Waals surface area contributed by atoms with Crippen LogP contribution in [0, 0.1) is 0 Å². The minimum Gasteiger partial charge on any atom is -0.455 e. The van der Waals surface area contributed by atoms with Gasteiger partial charge >= 0.3 is 0 Å². The highest BCUT2D eigenvalue weighted by Crippen LogP contribution is 2.43. The van der Waals surface area contributed by atoms with E-state index < -0.39 is 0 Å². The van der Waals surface area contributed by atoms with Gasteiger partial charge in [0.25, 0.3) is 0 Å². The van der Waals surface area contributed by atoms with Crippen LogP contribution >= 0.6 is 0 Å². The third kappa shape index (κ3) is 5.65. The number of rotatable bonds is 6. The van der Waals surface area contributed by atoms with E-state index in [4.69, 9.17) is 4.42 Å². The fourth-order valence-electron chi connectivity index (χ4n) is 9.31. The van der Waals surface area contributed by atoms with Crippen LogP contribution in [0.15, 0.2) is 229 Å². The van der Waals surface area contributed by atoms with Crippen LogP contribution in [-0.4, -0.2) is 0 Å². The second-order valence-electron chi connectivity index (χ2n) is 15.7. The molecule has 0 aliphatic rings. The maximum atomic E-state index is 6.60. The Kier molecular flexibility index (Phi) is 7.89. The van der Waals surface area contributed by atoms with E-state index in [1.165, 1.54) is 60.0 Å². The Balaban J connectivity index is 0.996. The number of furan rings is 1. The van der Waals surface area contributed by atoms with Crippen LogP contribution in [0.1, 0.15) is 0 Å². The van der Waals surface area contributed by atoms with Crippen LogP contribution in [0.5, 0.6) is 0 Å². The number of benzene rings is 11. The summed E-state index contributed by atoms with van der Waals surface area (Å²) in [4.78, 5) is 2.37. The molecular weight excluding hydrogens is 727 g/mol. The Hall–Kier alpha value is -7.94. The first-order valence-corrected chi connectivity index (χ1v) is 20.6. The van der Waals surface area contributed by atoms with Crippen molar-refractivity contribution in [3.63, 3.8) is 0 Å². The van der Waals surface area contributed by atoms with Gasteiger partial charge in [-0.2, -0.15) is 0 Å². The Morgan fingerprint density at radius 1 is 0.283 bits per heavy atom. The van der Waals surface area contributed by atoms with Crippen molar-refractivity contribution >= 4 is 82.1 Å². The third-order valence-corrected chi connectivity index (χ3v) is 12.2. The standard InChI is InChI=1S/C58H37NO/c1-2-13-42-35-43(24-23-38(42)11-1)39-25-30-46(31-26-39)59(47-32-27-41(28-33-47)55-37-45-14-4-5-17-49(45)52-19-7-8-20-53(52)55)48-16-9-15-44(36-48)50-21-10-22-56-57(50)54-34-29-40-12-3-6-18-51(40)58(54)60-56/h1-37H. The van der Waals surface area contributed by atoms with Crippen LogP contribution in [0.25, 0.3) is 98.4 Å². The lowest BCUT2D eigenvalue weighted by Gasteiger charge is -2.26. The summed E-state index contributed by atoms with van der Waals surface area (Å²) in [6, 6.07) is 81.3. The van der Waals surface area contributed by atoms with Crippen molar-refractivity contribution in [3.05, 3.63) is 224 Å². The van der Waals surface area contributed by atoms with Crippen molar-refractivity contribution in [1.29, 1.82) is 0 Å². The minimum atomic E-state index is 0.891. The van der Waals surface area contributed by atoms with Crippen LogP contribution in [0.4, 0.5) is 17.1 Å². The van der Waals surface area contributed by atoms with E-state index >= 15 is 0 Å². The molecule has 0 aliphatic heterocycles. The van der Waals surface area contributed by atoms with Crippen molar-refractivity contribution in [1.82, 2.24) is 0 Å². The summed E-state index contributed by atoms with van der Waals surface area (Å²) in [5.74, 6) is 0. The Morgan fingerprint density at radius 3 is 1.70 bits per heavy atom. The maximum Gasteiger partial charge on any atom is 0.143 e. The van der Waals surface area contributed by atoms with Gasteiger partial charge in [-0.3, -0.25) is 0 Å². The molecule has 0 fully saturated rings. The van der Waals surface area contributed by atoms with Gasteiger partial charge in [0, 0.05) is 33.2 Å². The van der Waals surface area contributed by atoms with Gasteiger partial charge in [0.2, 0.25) is 0 Å². The van der Waals surface area contributed by atoms with Gasteiger partial charge in [0.05, 0.1) is 0 Å². The predicted octanol–water partition coefficient (Wildman–Crippen LogP) is 16.7. The van der Waals surface area contributed by atoms with Crippen LogP contribution in [0.3, 0.4) is 0 Å². The molecule has 0 radical (unpaired) electrons. The maximum absolute atomic E-state index is 6.60. The molecule has 0 N–H and O–H groups in total. The lowest BCUT2D eigenvalue weighted by Crippen LogP contribution is -2.10. The van der Waals surface area contributed by atoms with Crippen LogP contribution in [-0.2, 0) is 0 Å². The van der Waals surface area contributed by atoms with Gasteiger partial charge in [0.15, 0.2) is 0 Å². The molecule has 0 bridgehead atoms. The van der Waals surface area contributed by atoms with Gasteiger partial charge in [-0.25, -0.2) is 0 Å². The molecule has 0 amide bonds. The highest BCUT2D eigenvalue weighted by Gasteiger charge is 2.18. The largest absolute Gasteiger partial charge is 0.455 e. The number of fused-ring (bicyclic) bond motifs is 9. The van der Waals surface area contributed by atoms with Crippen molar-refractivity contribution in [2.45, 2.75) is 0 Å². The third-order valence-electron chi connectivity index (χ3n) is 12.2. The zero-order chi connectivity index (χ0) is 39.6. The van der Waals surface area contributed by atoms with Gasteiger partial charge < -0.3 is 9.32 Å². The highest BCUT2D eigenvalue weighted by atomic mass is 16.3. The summed E-state index contributed by atoms with van der Waals surface area (Å²) in [6.45, 7) is 0. The second kappa shape index (κ2) is 13.9. The SMILES string of the molecule is c1cc(-c2cccc3oc4c5ccccc5ccc4c23)cc(N(c2ccc(-c3ccc4ccccc4c3)cc2)c2ccc(-c3cc4ccccc4c4ccccc34)cc2)c1. The minimum absolute atomic E-state index is 0.891. The van der Waals surface area contributed by atoms with Crippen molar-refractivity contribution in [2.24, 2.45) is 0 Å². The van der Waals surface area contributed by atoms with Crippen LogP contribution in [0.2, 0.25) is 0 Å². The fraction of sp³-hybridized carbons (Fsp3) is 0. The topological polar surface area (TPSA) is 16.4 Å². The summed E-state index contributed by atoms with van der Waals surface area (Å²) in [5.41, 5.74) is 12.1. The average Bonchev–Trinajstić information content (AvgIpc) is 3.72. The molecular formula is C58H37NO. The van der Waals surface area contributed by atoms with E-state index in [9.17, 15) is 0 Å². The number of nitrogens with zero attached hydrogens (tertiary/aromatic N) is 1. The Bertz CT molecular complexity index is 3600. The molecule has 60 heavy (non-hydrogen) atoms. The van der Waals surface area contributed by atoms with E-state index in [2.05, 4.69) is 229 Å². The zero-order valence-electron chi connectivity index (χ0n) is 32.7. The van der Waals surface area contributed by atoms with Crippen molar-refractivity contribution in [2.75, 3.05) is 4.90 Å². The normalized spacial score (nSPS) is 11.7. The van der Waals surface area contributed by atoms with E-state index in [0.717, 1.165) is 55.5 Å². The molecule has 12 rings (SSSR count). The highest BCUT2D eigenvalue weighted by molar-refractivity contribution is 6.19. The summed E-state index contributed by atoms with van der Waals surface area (Å²) >= 11 is 0. The molecule has 2 nitrogen and oxygen atoms in total. The lowest BCUT2D eigenvalue weighted by atomic mass is 9.93. The molecule has 1 aromatic heterocycles. The quantitative estimate of drug-likeness (QED) is 0.157. The summed E-state index contributed by atoms with van der Waals surface area (Å²) < 4.78 is 6.60. The first-order chi connectivity index (χ1) is 29.7. The molecule has 0 unspecified atom stereocenters. The molecule has 0 saturated heterocycles. The molecule has 0 aliphatic carbocycles. The smallest absolute Gasteiger partial charge is 0.143 e. The summed E-state index contributed by atoms with van der Waals surface area (Å²) in [6.07, 6.45) is 0. The molecule has 0 atom stereocenters. The molecule has 280 valence electrons. The van der Waals surface area contributed by atoms with Crippen LogP contribution < -0.4 is 4.90 Å². The molecule has 11 aromatic carbocycles. The number of hydrogen-bond donors (Lipinski definition) is 0. The molecule has 2 heteroatoms. The van der Waals surface area contributed by atoms with Gasteiger partial charge in [-0.1, -0.05) is 164 Å². The Morgan fingerprint density at radius 2 is 0.900 bits per heavy atom. The van der Waals surface area contributed by atoms with Gasteiger partial charge in [0.1, 0.15) is 11.2 Å². The molecule has 1 heterocycles. The second-order valence-corrected chi connectivity index (χ2v) is 15.7. The molecule has 0 saturated carbocycles. The summed E-state index contributed by atoms with van der Waals surface area (Å²) in [5, 5.41) is 12.1.